The molecule has 0 N–H and O–H groups in total. The molecule has 0 aliphatic heterocycles. The second-order valence-electron chi connectivity index (χ2n) is 4.69. The van der Waals surface area contributed by atoms with Crippen LogP contribution in [0.3, 0.4) is 0 Å². The molecule has 1 rings (SSSR count). The molecule has 15 heavy (non-hydrogen) atoms. The molecule has 1 nitrogen and oxygen atoms in total. The van der Waals surface area contributed by atoms with E-state index in [-0.39, 0.29) is 11.2 Å². The average Bonchev–Trinajstić information content (AvgIpc) is 1.99. The zero-order chi connectivity index (χ0) is 11.7. The average molecular weight is 214 g/mol. The van der Waals surface area contributed by atoms with Crippen molar-refractivity contribution in [2.45, 2.75) is 39.2 Å². The van der Waals surface area contributed by atoms with Crippen molar-refractivity contribution in [1.82, 2.24) is 0 Å². The van der Waals surface area contributed by atoms with Gasteiger partial charge in [-0.3, -0.25) is 0 Å². The minimum atomic E-state index is -3.13. The number of hydrogen-bond donors (Lipinski definition) is 0. The third kappa shape index (κ3) is 3.86. The molecule has 1 aromatic rings. The lowest BCUT2D eigenvalue weighted by molar-refractivity contribution is -0.159. The molecule has 0 unspecified atom stereocenters. The Balaban J connectivity index is 2.94. The van der Waals surface area contributed by atoms with Gasteiger partial charge in [0.15, 0.2) is 0 Å². The fourth-order valence-electron chi connectivity index (χ4n) is 1.23. The Morgan fingerprint density at radius 1 is 1.07 bits per heavy atom. The third-order valence-electron chi connectivity index (χ3n) is 2.00. The van der Waals surface area contributed by atoms with Crippen molar-refractivity contribution in [3.8, 4) is 5.75 Å². The highest BCUT2D eigenvalue weighted by Gasteiger charge is 2.24. The molecule has 0 radical (unpaired) electrons. The van der Waals surface area contributed by atoms with Crippen molar-refractivity contribution < 1.29 is 13.5 Å². The van der Waals surface area contributed by atoms with Crippen LogP contribution in [0.2, 0.25) is 0 Å². The molecule has 0 amide bonds. The number of ether oxygens (including phenoxy) is 1. The third-order valence-corrected chi connectivity index (χ3v) is 2.00. The van der Waals surface area contributed by atoms with Gasteiger partial charge < -0.3 is 4.74 Å². The van der Waals surface area contributed by atoms with E-state index >= 15 is 0 Å². The molecule has 0 saturated heterocycles. The second-order valence-corrected chi connectivity index (χ2v) is 4.69. The molecule has 1 aromatic carbocycles. The van der Waals surface area contributed by atoms with Crippen LogP contribution in [0.25, 0.3) is 0 Å². The lowest BCUT2D eigenvalue weighted by Crippen LogP contribution is -2.19. The van der Waals surface area contributed by atoms with Crippen LogP contribution in [0.15, 0.2) is 24.3 Å². The first-order valence-corrected chi connectivity index (χ1v) is 4.86. The Morgan fingerprint density at radius 3 is 2.13 bits per heavy atom. The monoisotopic (exact) mass is 214 g/mol. The molecule has 3 heteroatoms. The normalized spacial score (nSPS) is 12.7. The Labute approximate surface area is 89.1 Å². The molecule has 0 saturated carbocycles. The summed E-state index contributed by atoms with van der Waals surface area (Å²) in [7, 11) is 0. The Hall–Kier alpha value is -1.12. The van der Waals surface area contributed by atoms with Crippen LogP contribution in [0.1, 0.15) is 33.3 Å². The second kappa shape index (κ2) is 3.80. The molecule has 0 aliphatic carbocycles. The quantitative estimate of drug-likeness (QED) is 0.723. The number of benzene rings is 1. The summed E-state index contributed by atoms with van der Waals surface area (Å²) in [4.78, 5) is 0. The Bertz CT molecular complexity index is 334. The van der Waals surface area contributed by atoms with E-state index in [1.54, 1.807) is 12.1 Å². The maximum atomic E-state index is 12.6. The smallest absolute Gasteiger partial charge is 0.394 e. The molecular weight excluding hydrogens is 198 g/mol. The van der Waals surface area contributed by atoms with Crippen LogP contribution in [0.5, 0.6) is 5.75 Å². The van der Waals surface area contributed by atoms with Crippen LogP contribution in [0, 0.1) is 0 Å². The van der Waals surface area contributed by atoms with Gasteiger partial charge >= 0.3 is 6.11 Å². The van der Waals surface area contributed by atoms with Gasteiger partial charge in [-0.05, 0) is 23.1 Å². The van der Waals surface area contributed by atoms with Crippen molar-refractivity contribution in [1.29, 1.82) is 0 Å². The fraction of sp³-hybridized carbons (Fsp3) is 0.500. The maximum absolute atomic E-state index is 12.6. The SMILES string of the molecule is CC(F)(F)Oc1cccc(C(C)(C)C)c1. The summed E-state index contributed by atoms with van der Waals surface area (Å²) in [6.45, 7) is 6.80. The zero-order valence-electron chi connectivity index (χ0n) is 9.47. The summed E-state index contributed by atoms with van der Waals surface area (Å²) in [5.74, 6) is 0.204. The summed E-state index contributed by atoms with van der Waals surface area (Å²) in [6.07, 6.45) is -3.13. The van der Waals surface area contributed by atoms with Gasteiger partial charge in [0.2, 0.25) is 0 Å². The van der Waals surface area contributed by atoms with Crippen molar-refractivity contribution in [3.05, 3.63) is 29.8 Å². The first kappa shape index (κ1) is 12.0. The largest absolute Gasteiger partial charge is 0.433 e. The minimum absolute atomic E-state index is 0.0671. The van der Waals surface area contributed by atoms with Gasteiger partial charge in [0.1, 0.15) is 5.75 Å². The molecular formula is C12H16F2O. The molecule has 0 aromatic heterocycles. The maximum Gasteiger partial charge on any atom is 0.394 e. The van der Waals surface area contributed by atoms with Gasteiger partial charge in [0.05, 0.1) is 0 Å². The van der Waals surface area contributed by atoms with E-state index in [9.17, 15) is 8.78 Å². The van der Waals surface area contributed by atoms with Gasteiger partial charge in [-0.2, -0.15) is 8.78 Å². The molecule has 0 fully saturated rings. The van der Waals surface area contributed by atoms with Gasteiger partial charge in [-0.25, -0.2) is 0 Å². The predicted molar refractivity (Wildman–Crippen MR) is 56.4 cm³/mol. The van der Waals surface area contributed by atoms with E-state index in [4.69, 9.17) is 0 Å². The summed E-state index contributed by atoms with van der Waals surface area (Å²) in [6, 6.07) is 6.81. The standard InChI is InChI=1S/C12H16F2O/c1-11(2,3)9-6-5-7-10(8-9)15-12(4,13)14/h5-8H,1-4H3. The molecule has 84 valence electrons. The van der Waals surface area contributed by atoms with Crippen molar-refractivity contribution in [3.63, 3.8) is 0 Å². The first-order valence-electron chi connectivity index (χ1n) is 4.86. The topological polar surface area (TPSA) is 9.23 Å². The van der Waals surface area contributed by atoms with E-state index in [2.05, 4.69) is 4.74 Å². The summed E-state index contributed by atoms with van der Waals surface area (Å²) >= 11 is 0. The number of hydrogen-bond acceptors (Lipinski definition) is 1. The van der Waals surface area contributed by atoms with E-state index in [0.717, 1.165) is 12.5 Å². The lowest BCUT2D eigenvalue weighted by Gasteiger charge is -2.20. The molecule has 0 aliphatic rings. The van der Waals surface area contributed by atoms with Gasteiger partial charge in [-0.1, -0.05) is 32.9 Å². The van der Waals surface area contributed by atoms with Crippen molar-refractivity contribution in [2.75, 3.05) is 0 Å². The first-order chi connectivity index (χ1) is 6.68. The van der Waals surface area contributed by atoms with Crippen LogP contribution in [0.4, 0.5) is 8.78 Å². The van der Waals surface area contributed by atoms with E-state index in [0.29, 0.717) is 0 Å². The Kier molecular flexibility index (Phi) is 3.03. The molecule has 0 spiro atoms. The van der Waals surface area contributed by atoms with Crippen molar-refractivity contribution >= 4 is 0 Å². The predicted octanol–water partition coefficient (Wildman–Crippen LogP) is 3.98. The Morgan fingerprint density at radius 2 is 1.67 bits per heavy atom. The van der Waals surface area contributed by atoms with Crippen LogP contribution < -0.4 is 4.74 Å². The van der Waals surface area contributed by atoms with Crippen LogP contribution >= 0.6 is 0 Å². The van der Waals surface area contributed by atoms with E-state index in [1.807, 2.05) is 26.8 Å². The fourth-order valence-corrected chi connectivity index (χ4v) is 1.23. The summed E-state index contributed by atoms with van der Waals surface area (Å²) in [5.41, 5.74) is 0.909. The highest BCUT2D eigenvalue weighted by atomic mass is 19.3. The highest BCUT2D eigenvalue weighted by molar-refractivity contribution is 5.32. The zero-order valence-corrected chi connectivity index (χ0v) is 9.47. The molecule has 0 bridgehead atoms. The minimum Gasteiger partial charge on any atom is -0.433 e. The number of halogens is 2. The summed E-state index contributed by atoms with van der Waals surface area (Å²) < 4.78 is 29.7. The van der Waals surface area contributed by atoms with Gasteiger partial charge in [0.25, 0.3) is 0 Å². The van der Waals surface area contributed by atoms with E-state index in [1.165, 1.54) is 6.07 Å². The molecule has 0 atom stereocenters. The highest BCUT2D eigenvalue weighted by Crippen LogP contribution is 2.28. The van der Waals surface area contributed by atoms with Crippen LogP contribution in [-0.2, 0) is 5.41 Å². The van der Waals surface area contributed by atoms with Crippen LogP contribution in [-0.4, -0.2) is 6.11 Å². The number of alkyl halides is 2. The van der Waals surface area contributed by atoms with Gasteiger partial charge in [0, 0.05) is 6.92 Å². The van der Waals surface area contributed by atoms with Gasteiger partial charge in [-0.15, -0.1) is 0 Å². The number of rotatable bonds is 2. The lowest BCUT2D eigenvalue weighted by atomic mass is 9.87. The van der Waals surface area contributed by atoms with Crippen molar-refractivity contribution in [2.24, 2.45) is 0 Å². The molecule has 0 heterocycles. The summed E-state index contributed by atoms with van der Waals surface area (Å²) in [5, 5.41) is 0. The van der Waals surface area contributed by atoms with E-state index < -0.39 is 6.11 Å².